The molecule has 20 heavy (non-hydrogen) atoms. The molecule has 0 bridgehead atoms. The molecular weight excluding hydrogens is 256 g/mol. The highest BCUT2D eigenvalue weighted by molar-refractivity contribution is 5.45. The fourth-order valence-corrected chi connectivity index (χ4v) is 2.18. The number of aliphatic hydroxyl groups is 1. The van der Waals surface area contributed by atoms with Gasteiger partial charge >= 0.3 is 0 Å². The number of nitrogens with zero attached hydrogens (tertiary/aromatic N) is 5. The van der Waals surface area contributed by atoms with Gasteiger partial charge in [0.05, 0.1) is 0 Å². The van der Waals surface area contributed by atoms with Crippen LogP contribution in [0.4, 0.5) is 17.8 Å². The molecule has 7 heteroatoms. The molecule has 0 aromatic carbocycles. The van der Waals surface area contributed by atoms with Gasteiger partial charge in [0.25, 0.3) is 0 Å². The molecule has 0 spiro atoms. The lowest BCUT2D eigenvalue weighted by molar-refractivity contribution is 0.282. The maximum Gasteiger partial charge on any atom is 0.232 e. The molecule has 1 heterocycles. The SMILES string of the molecule is CNc1nc(N(C)C)nc(N(CCCO)C2CCC2)n1. The van der Waals surface area contributed by atoms with E-state index in [1.54, 1.807) is 7.05 Å². The second kappa shape index (κ2) is 6.69. The van der Waals surface area contributed by atoms with Gasteiger partial charge < -0.3 is 20.2 Å². The summed E-state index contributed by atoms with van der Waals surface area (Å²) in [6.45, 7) is 0.967. The smallest absolute Gasteiger partial charge is 0.232 e. The van der Waals surface area contributed by atoms with Crippen molar-refractivity contribution in [1.29, 1.82) is 0 Å². The summed E-state index contributed by atoms with van der Waals surface area (Å²) in [5.41, 5.74) is 0. The third-order valence-corrected chi connectivity index (χ3v) is 3.56. The molecule has 0 amide bonds. The lowest BCUT2D eigenvalue weighted by Crippen LogP contribution is -2.42. The van der Waals surface area contributed by atoms with E-state index in [1.165, 1.54) is 19.3 Å². The molecule has 7 nitrogen and oxygen atoms in total. The van der Waals surface area contributed by atoms with Gasteiger partial charge in [-0.2, -0.15) is 15.0 Å². The number of hydrogen-bond acceptors (Lipinski definition) is 7. The Morgan fingerprint density at radius 3 is 2.40 bits per heavy atom. The highest BCUT2D eigenvalue weighted by atomic mass is 16.3. The first kappa shape index (κ1) is 14.8. The van der Waals surface area contributed by atoms with Crippen molar-refractivity contribution in [1.82, 2.24) is 15.0 Å². The molecule has 2 rings (SSSR count). The van der Waals surface area contributed by atoms with Crippen molar-refractivity contribution < 1.29 is 5.11 Å². The Bertz CT molecular complexity index is 435. The fraction of sp³-hybridized carbons (Fsp3) is 0.769. The van der Waals surface area contributed by atoms with Crippen molar-refractivity contribution in [3.8, 4) is 0 Å². The molecular formula is C13H24N6O. The van der Waals surface area contributed by atoms with E-state index < -0.39 is 0 Å². The van der Waals surface area contributed by atoms with Crippen LogP contribution in [0.25, 0.3) is 0 Å². The summed E-state index contributed by atoms with van der Waals surface area (Å²) in [6, 6.07) is 0.490. The normalized spacial score (nSPS) is 14.8. The summed E-state index contributed by atoms with van der Waals surface area (Å²) >= 11 is 0. The Morgan fingerprint density at radius 1 is 1.20 bits per heavy atom. The standard InChI is InChI=1S/C13H24N6O/c1-14-11-15-12(18(2)3)17-13(16-11)19(8-5-9-20)10-6-4-7-10/h10,20H,4-9H2,1-3H3,(H,14,15,16,17). The Labute approximate surface area is 120 Å². The molecule has 1 fully saturated rings. The molecule has 0 atom stereocenters. The minimum Gasteiger partial charge on any atom is -0.396 e. The van der Waals surface area contributed by atoms with Gasteiger partial charge in [-0.15, -0.1) is 0 Å². The van der Waals surface area contributed by atoms with Gasteiger partial charge in [0, 0.05) is 40.3 Å². The zero-order valence-electron chi connectivity index (χ0n) is 12.5. The van der Waals surface area contributed by atoms with Crippen LogP contribution in [-0.4, -0.2) is 60.4 Å². The minimum atomic E-state index is 0.188. The molecule has 0 unspecified atom stereocenters. The average Bonchev–Trinajstić information content (AvgIpc) is 2.40. The lowest BCUT2D eigenvalue weighted by Gasteiger charge is -2.37. The summed E-state index contributed by atoms with van der Waals surface area (Å²) < 4.78 is 0. The van der Waals surface area contributed by atoms with Crippen LogP contribution in [0.2, 0.25) is 0 Å². The average molecular weight is 280 g/mol. The molecule has 0 radical (unpaired) electrons. The van der Waals surface area contributed by atoms with Crippen LogP contribution in [0.5, 0.6) is 0 Å². The molecule has 112 valence electrons. The quantitative estimate of drug-likeness (QED) is 0.762. The number of nitrogens with one attached hydrogen (secondary N) is 1. The van der Waals surface area contributed by atoms with Gasteiger partial charge in [0.15, 0.2) is 0 Å². The van der Waals surface area contributed by atoms with Crippen LogP contribution >= 0.6 is 0 Å². The van der Waals surface area contributed by atoms with Crippen LogP contribution in [0, 0.1) is 0 Å². The maximum atomic E-state index is 9.08. The Hall–Kier alpha value is -1.63. The van der Waals surface area contributed by atoms with Crippen LogP contribution in [0.3, 0.4) is 0 Å². The highest BCUT2D eigenvalue weighted by Crippen LogP contribution is 2.28. The number of rotatable bonds is 7. The molecule has 0 aliphatic heterocycles. The van der Waals surface area contributed by atoms with Crippen molar-refractivity contribution >= 4 is 17.8 Å². The lowest BCUT2D eigenvalue weighted by atomic mass is 9.91. The first-order valence-electron chi connectivity index (χ1n) is 7.14. The number of hydrogen-bond donors (Lipinski definition) is 2. The van der Waals surface area contributed by atoms with Crippen molar-refractivity contribution in [3.05, 3.63) is 0 Å². The Morgan fingerprint density at radius 2 is 1.90 bits per heavy atom. The topological polar surface area (TPSA) is 77.4 Å². The van der Waals surface area contributed by atoms with Gasteiger partial charge in [0.2, 0.25) is 17.8 Å². The molecule has 2 N–H and O–H groups in total. The van der Waals surface area contributed by atoms with Gasteiger partial charge in [-0.3, -0.25) is 0 Å². The third-order valence-electron chi connectivity index (χ3n) is 3.56. The van der Waals surface area contributed by atoms with Crippen molar-refractivity contribution in [3.63, 3.8) is 0 Å². The summed E-state index contributed by atoms with van der Waals surface area (Å²) in [6.07, 6.45) is 4.33. The van der Waals surface area contributed by atoms with Gasteiger partial charge in [-0.1, -0.05) is 0 Å². The summed E-state index contributed by atoms with van der Waals surface area (Å²) in [7, 11) is 5.64. The monoisotopic (exact) mass is 280 g/mol. The minimum absolute atomic E-state index is 0.188. The zero-order valence-corrected chi connectivity index (χ0v) is 12.5. The molecule has 1 aliphatic rings. The second-order valence-corrected chi connectivity index (χ2v) is 5.26. The Balaban J connectivity index is 2.27. The second-order valence-electron chi connectivity index (χ2n) is 5.26. The largest absolute Gasteiger partial charge is 0.396 e. The fourth-order valence-electron chi connectivity index (χ4n) is 2.18. The summed E-state index contributed by atoms with van der Waals surface area (Å²) in [4.78, 5) is 17.4. The number of aliphatic hydroxyl groups excluding tert-OH is 1. The maximum absolute atomic E-state index is 9.08. The third kappa shape index (κ3) is 3.27. The van der Waals surface area contributed by atoms with E-state index in [4.69, 9.17) is 5.11 Å². The van der Waals surface area contributed by atoms with Crippen LogP contribution in [0.15, 0.2) is 0 Å². The van der Waals surface area contributed by atoms with Gasteiger partial charge in [-0.25, -0.2) is 0 Å². The van der Waals surface area contributed by atoms with Crippen LogP contribution in [-0.2, 0) is 0 Å². The van der Waals surface area contributed by atoms with Gasteiger partial charge in [-0.05, 0) is 25.7 Å². The van der Waals surface area contributed by atoms with E-state index in [1.807, 2.05) is 19.0 Å². The van der Waals surface area contributed by atoms with Crippen molar-refractivity contribution in [2.45, 2.75) is 31.7 Å². The van der Waals surface area contributed by atoms with E-state index in [0.29, 0.717) is 23.9 Å². The zero-order chi connectivity index (χ0) is 14.5. The van der Waals surface area contributed by atoms with Gasteiger partial charge in [0.1, 0.15) is 0 Å². The summed E-state index contributed by atoms with van der Waals surface area (Å²) in [5.74, 6) is 1.92. The molecule has 1 aromatic heterocycles. The molecule has 1 aliphatic carbocycles. The highest BCUT2D eigenvalue weighted by Gasteiger charge is 2.27. The van der Waals surface area contributed by atoms with E-state index in [9.17, 15) is 0 Å². The van der Waals surface area contributed by atoms with Crippen LogP contribution < -0.4 is 15.1 Å². The predicted octanol–water partition coefficient (Wildman–Crippen LogP) is 0.721. The first-order chi connectivity index (χ1) is 9.65. The predicted molar refractivity (Wildman–Crippen MR) is 80.4 cm³/mol. The Kier molecular flexibility index (Phi) is 4.94. The number of anilines is 3. The molecule has 1 aromatic rings. The van der Waals surface area contributed by atoms with Crippen molar-refractivity contribution in [2.75, 3.05) is 49.4 Å². The molecule has 0 saturated heterocycles. The van der Waals surface area contributed by atoms with Crippen molar-refractivity contribution in [2.24, 2.45) is 0 Å². The summed E-state index contributed by atoms with van der Waals surface area (Å²) in [5, 5.41) is 12.1. The van der Waals surface area contributed by atoms with E-state index in [0.717, 1.165) is 13.0 Å². The van der Waals surface area contributed by atoms with Crippen LogP contribution in [0.1, 0.15) is 25.7 Å². The van der Waals surface area contributed by atoms with E-state index in [-0.39, 0.29) is 6.61 Å². The van der Waals surface area contributed by atoms with E-state index in [2.05, 4.69) is 25.2 Å². The molecule has 1 saturated carbocycles. The van der Waals surface area contributed by atoms with E-state index >= 15 is 0 Å². The number of aromatic nitrogens is 3. The first-order valence-corrected chi connectivity index (χ1v) is 7.14.